The molecule has 1 aliphatic heterocycles. The first kappa shape index (κ1) is 19.5. The summed E-state index contributed by atoms with van der Waals surface area (Å²) >= 11 is 0. The van der Waals surface area contributed by atoms with Crippen molar-refractivity contribution in [3.05, 3.63) is 0 Å². The third-order valence-electron chi connectivity index (χ3n) is 5.32. The first-order valence-electron chi connectivity index (χ1n) is 9.54. The zero-order chi connectivity index (χ0) is 17.2. The molecular weight excluding hydrogens is 308 g/mol. The lowest BCUT2D eigenvalue weighted by Gasteiger charge is -2.33. The number of hydrogen-bond donors (Lipinski definition) is 1. The van der Waals surface area contributed by atoms with Gasteiger partial charge < -0.3 is 19.5 Å². The van der Waals surface area contributed by atoms with Crippen molar-refractivity contribution in [1.29, 1.82) is 0 Å². The third kappa shape index (κ3) is 6.95. The van der Waals surface area contributed by atoms with E-state index in [0.717, 1.165) is 65.0 Å². The Morgan fingerprint density at radius 1 is 1.12 bits per heavy atom. The van der Waals surface area contributed by atoms with E-state index in [-0.39, 0.29) is 6.04 Å². The number of ether oxygens (including phenoxy) is 2. The van der Waals surface area contributed by atoms with Gasteiger partial charge in [-0.15, -0.1) is 0 Å². The van der Waals surface area contributed by atoms with E-state index in [1.165, 1.54) is 30.7 Å². The third-order valence-corrected chi connectivity index (χ3v) is 5.32. The van der Waals surface area contributed by atoms with E-state index in [2.05, 4.69) is 4.90 Å². The van der Waals surface area contributed by atoms with Crippen molar-refractivity contribution in [3.63, 3.8) is 0 Å². The van der Waals surface area contributed by atoms with Crippen molar-refractivity contribution in [2.24, 2.45) is 0 Å². The van der Waals surface area contributed by atoms with E-state index in [4.69, 9.17) is 14.6 Å². The maximum atomic E-state index is 11.0. The van der Waals surface area contributed by atoms with E-state index in [1.54, 1.807) is 7.05 Å². The van der Waals surface area contributed by atoms with Crippen LogP contribution in [0.1, 0.15) is 51.4 Å². The van der Waals surface area contributed by atoms with Gasteiger partial charge in [-0.25, -0.2) is 4.79 Å². The van der Waals surface area contributed by atoms with Crippen LogP contribution < -0.4 is 0 Å². The normalized spacial score (nSPS) is 25.5. The minimum Gasteiger partial charge on any atom is -0.465 e. The van der Waals surface area contributed by atoms with Gasteiger partial charge in [-0.1, -0.05) is 12.8 Å². The van der Waals surface area contributed by atoms with E-state index in [1.807, 2.05) is 0 Å². The Kier molecular flexibility index (Phi) is 8.84. The Hall–Kier alpha value is -0.850. The van der Waals surface area contributed by atoms with Crippen LogP contribution in [0, 0.1) is 0 Å². The predicted molar refractivity (Wildman–Crippen MR) is 93.5 cm³/mol. The number of amides is 1. The standard InChI is InChI=1S/C18H34N2O4/c1-19(18(21)22)16-6-8-17(9-7-16)24-13-5-3-2-4-10-20-11-14-23-15-12-20/h16-17H,2-15H2,1H3,(H,21,22). The van der Waals surface area contributed by atoms with Crippen LogP contribution in [0.2, 0.25) is 0 Å². The first-order chi connectivity index (χ1) is 11.7. The Bertz CT molecular complexity index is 353. The molecule has 0 spiro atoms. The Morgan fingerprint density at radius 2 is 1.79 bits per heavy atom. The number of hydrogen-bond acceptors (Lipinski definition) is 4. The average Bonchev–Trinajstić information content (AvgIpc) is 2.61. The first-order valence-corrected chi connectivity index (χ1v) is 9.54. The lowest BCUT2D eigenvalue weighted by molar-refractivity contribution is 0.00975. The summed E-state index contributed by atoms with van der Waals surface area (Å²) in [5.74, 6) is 0. The maximum Gasteiger partial charge on any atom is 0.407 e. The summed E-state index contributed by atoms with van der Waals surface area (Å²) in [6.45, 7) is 6.00. The summed E-state index contributed by atoms with van der Waals surface area (Å²) in [7, 11) is 1.67. The van der Waals surface area contributed by atoms with Crippen LogP contribution in [0.4, 0.5) is 4.79 Å². The van der Waals surface area contributed by atoms with E-state index in [9.17, 15) is 4.79 Å². The number of unbranched alkanes of at least 4 members (excludes halogenated alkanes) is 3. The number of morpholine rings is 1. The molecule has 2 fully saturated rings. The summed E-state index contributed by atoms with van der Waals surface area (Å²) < 4.78 is 11.3. The number of carbonyl (C=O) groups is 1. The lowest BCUT2D eigenvalue weighted by Crippen LogP contribution is -2.39. The highest BCUT2D eigenvalue weighted by Crippen LogP contribution is 2.24. The Labute approximate surface area is 146 Å². The molecule has 1 amide bonds. The molecule has 0 aromatic rings. The van der Waals surface area contributed by atoms with Crippen LogP contribution >= 0.6 is 0 Å². The molecule has 0 bridgehead atoms. The predicted octanol–water partition coefficient (Wildman–Crippen LogP) is 2.82. The minimum absolute atomic E-state index is 0.169. The average molecular weight is 342 g/mol. The summed E-state index contributed by atoms with van der Waals surface area (Å²) in [5, 5.41) is 9.01. The SMILES string of the molecule is CN(C(=O)O)C1CCC(OCCCCCCN2CCOCC2)CC1. The summed E-state index contributed by atoms with van der Waals surface area (Å²) in [6, 6.07) is 0.169. The Balaban J connectivity index is 1.42. The molecule has 24 heavy (non-hydrogen) atoms. The fourth-order valence-corrected chi connectivity index (χ4v) is 3.62. The zero-order valence-corrected chi connectivity index (χ0v) is 15.1. The van der Waals surface area contributed by atoms with Gasteiger partial charge in [0.15, 0.2) is 0 Å². The van der Waals surface area contributed by atoms with Gasteiger partial charge in [-0.05, 0) is 45.1 Å². The topological polar surface area (TPSA) is 62.2 Å². The summed E-state index contributed by atoms with van der Waals surface area (Å²) in [5.41, 5.74) is 0. The fraction of sp³-hybridized carbons (Fsp3) is 0.944. The second-order valence-electron chi connectivity index (χ2n) is 7.06. The summed E-state index contributed by atoms with van der Waals surface area (Å²) in [6.07, 6.45) is 8.25. The largest absolute Gasteiger partial charge is 0.465 e. The highest BCUT2D eigenvalue weighted by Gasteiger charge is 2.26. The van der Waals surface area contributed by atoms with Gasteiger partial charge >= 0.3 is 6.09 Å². The number of rotatable bonds is 9. The van der Waals surface area contributed by atoms with Crippen LogP contribution in [0.15, 0.2) is 0 Å². The highest BCUT2D eigenvalue weighted by atomic mass is 16.5. The second kappa shape index (κ2) is 10.9. The van der Waals surface area contributed by atoms with Crippen LogP contribution in [-0.2, 0) is 9.47 Å². The molecule has 1 saturated carbocycles. The van der Waals surface area contributed by atoms with Crippen LogP contribution in [0.5, 0.6) is 0 Å². The fourth-order valence-electron chi connectivity index (χ4n) is 3.62. The van der Waals surface area contributed by atoms with Gasteiger partial charge in [0.25, 0.3) is 0 Å². The van der Waals surface area contributed by atoms with Gasteiger partial charge in [-0.2, -0.15) is 0 Å². The molecule has 1 saturated heterocycles. The molecule has 2 aliphatic rings. The molecule has 0 unspecified atom stereocenters. The molecule has 0 radical (unpaired) electrons. The molecule has 0 atom stereocenters. The van der Waals surface area contributed by atoms with Gasteiger partial charge in [0.2, 0.25) is 0 Å². The molecule has 2 rings (SSSR count). The Morgan fingerprint density at radius 3 is 2.46 bits per heavy atom. The van der Waals surface area contributed by atoms with Crippen LogP contribution in [0.3, 0.4) is 0 Å². The van der Waals surface area contributed by atoms with Crippen molar-refractivity contribution >= 4 is 6.09 Å². The minimum atomic E-state index is -0.823. The molecule has 6 nitrogen and oxygen atoms in total. The van der Waals surface area contributed by atoms with Crippen molar-refractivity contribution < 1.29 is 19.4 Å². The van der Waals surface area contributed by atoms with Crippen molar-refractivity contribution in [1.82, 2.24) is 9.80 Å². The molecule has 1 N–H and O–H groups in total. The van der Waals surface area contributed by atoms with Crippen molar-refractivity contribution in [2.75, 3.05) is 46.5 Å². The molecule has 140 valence electrons. The highest BCUT2D eigenvalue weighted by molar-refractivity contribution is 5.64. The van der Waals surface area contributed by atoms with Crippen molar-refractivity contribution in [2.45, 2.75) is 63.5 Å². The van der Waals surface area contributed by atoms with E-state index < -0.39 is 6.09 Å². The maximum absolute atomic E-state index is 11.0. The second-order valence-corrected chi connectivity index (χ2v) is 7.06. The molecular formula is C18H34N2O4. The van der Waals surface area contributed by atoms with Gasteiger partial charge in [0.05, 0.1) is 19.3 Å². The van der Waals surface area contributed by atoms with E-state index in [0.29, 0.717) is 6.10 Å². The number of nitrogens with zero attached hydrogens (tertiary/aromatic N) is 2. The van der Waals surface area contributed by atoms with Crippen molar-refractivity contribution in [3.8, 4) is 0 Å². The summed E-state index contributed by atoms with van der Waals surface area (Å²) in [4.78, 5) is 14.9. The van der Waals surface area contributed by atoms with E-state index >= 15 is 0 Å². The lowest BCUT2D eigenvalue weighted by atomic mass is 9.92. The van der Waals surface area contributed by atoms with Gasteiger partial charge in [0.1, 0.15) is 0 Å². The van der Waals surface area contributed by atoms with Crippen LogP contribution in [-0.4, -0.2) is 79.6 Å². The quantitative estimate of drug-likeness (QED) is 0.653. The molecule has 1 aliphatic carbocycles. The smallest absolute Gasteiger partial charge is 0.407 e. The zero-order valence-electron chi connectivity index (χ0n) is 15.1. The molecule has 0 aromatic carbocycles. The van der Waals surface area contributed by atoms with Gasteiger partial charge in [0, 0.05) is 32.8 Å². The van der Waals surface area contributed by atoms with Crippen LogP contribution in [0.25, 0.3) is 0 Å². The van der Waals surface area contributed by atoms with Gasteiger partial charge in [-0.3, -0.25) is 4.90 Å². The number of carboxylic acid groups (broad SMARTS) is 1. The molecule has 6 heteroatoms. The monoisotopic (exact) mass is 342 g/mol. The molecule has 1 heterocycles. The molecule has 0 aromatic heterocycles.